The average molecular weight is 595 g/mol. The van der Waals surface area contributed by atoms with Crippen molar-refractivity contribution in [2.24, 2.45) is 0 Å². The molecule has 1 rings (SSSR count). The Morgan fingerprint density at radius 2 is 1.59 bits per heavy atom. The molecule has 13 nitrogen and oxygen atoms in total. The number of nitro benzene ring substituents is 1. The predicted octanol–water partition coefficient (Wildman–Crippen LogP) is 4.83. The number of nitro groups is 1. The number of alkyl carbamates (subject to hydrolysis) is 1. The minimum Gasteiger partial charge on any atom is -0.444 e. The van der Waals surface area contributed by atoms with E-state index in [1.54, 1.807) is 34.6 Å². The van der Waals surface area contributed by atoms with Crippen molar-refractivity contribution in [3.05, 3.63) is 34.4 Å². The number of amides is 1. The average Bonchev–Trinajstić information content (AvgIpc) is 2.83. The van der Waals surface area contributed by atoms with Gasteiger partial charge < -0.3 is 10.1 Å². The van der Waals surface area contributed by atoms with E-state index in [0.29, 0.717) is 19.5 Å². The summed E-state index contributed by atoms with van der Waals surface area (Å²) >= 11 is 0. The molecule has 2 N–H and O–H groups in total. The minimum absolute atomic E-state index is 0.0109. The number of ether oxygens (including phenoxy) is 1. The van der Waals surface area contributed by atoms with E-state index in [2.05, 4.69) is 10.0 Å². The summed E-state index contributed by atoms with van der Waals surface area (Å²) in [5.41, 5.74) is -1.07. The predicted molar refractivity (Wildman–Crippen MR) is 148 cm³/mol. The van der Waals surface area contributed by atoms with Gasteiger partial charge in [0.25, 0.3) is 5.69 Å². The van der Waals surface area contributed by atoms with E-state index >= 15 is 0 Å². The van der Waals surface area contributed by atoms with Gasteiger partial charge in [-0.2, -0.15) is 0 Å². The molecule has 0 fully saturated rings. The number of benzene rings is 1. The van der Waals surface area contributed by atoms with Crippen LogP contribution in [0.5, 0.6) is 0 Å². The Bertz CT molecular complexity index is 1050. The number of hydrogen-bond donors (Lipinski definition) is 2. The highest BCUT2D eigenvalue weighted by molar-refractivity contribution is 7.89. The Morgan fingerprint density at radius 1 is 1.00 bits per heavy atom. The van der Waals surface area contributed by atoms with Gasteiger partial charge >= 0.3 is 13.8 Å². The molecule has 0 aliphatic rings. The van der Waals surface area contributed by atoms with Crippen LogP contribution in [0, 0.1) is 10.1 Å². The lowest BCUT2D eigenvalue weighted by molar-refractivity contribution is -0.387. The summed E-state index contributed by atoms with van der Waals surface area (Å²) in [4.78, 5) is 21.7. The molecule has 224 valence electrons. The first-order chi connectivity index (χ1) is 18.3. The second-order valence-corrected chi connectivity index (χ2v) is 13.3. The maximum absolute atomic E-state index is 13.4. The molecule has 0 radical (unpaired) electrons. The van der Waals surface area contributed by atoms with Crippen molar-refractivity contribution >= 4 is 29.6 Å². The number of nitrogens with one attached hydrogen (secondary N) is 2. The fourth-order valence-electron chi connectivity index (χ4n) is 3.56. The smallest absolute Gasteiger partial charge is 0.408 e. The molecule has 0 aromatic heterocycles. The Balaban J connectivity index is 2.66. The first-order valence-electron chi connectivity index (χ1n) is 13.1. The number of unbranched alkanes of at least 4 members (excludes halogenated alkanes) is 4. The minimum atomic E-state index is -4.18. The largest absolute Gasteiger partial charge is 0.444 e. The van der Waals surface area contributed by atoms with Crippen LogP contribution in [0.25, 0.3) is 0 Å². The van der Waals surface area contributed by atoms with Crippen LogP contribution in [-0.2, 0) is 28.4 Å². The Morgan fingerprint density at radius 3 is 2.18 bits per heavy atom. The maximum Gasteiger partial charge on any atom is 0.408 e. The standard InChI is InChI=1S/C24H43N4O9PS/c1-6-35-38(32,36-7-2)27(19-14-10-8-9-13-17-25-23(29)37-24(3,4)5)20-18-26-39(33,34)22-16-12-11-15-21(22)28(30)31/h11-12,15-16,26H,6-10,13-14,17-20H2,1-5H3,(H,25,29). The van der Waals surface area contributed by atoms with Crippen molar-refractivity contribution in [3.8, 4) is 0 Å². The van der Waals surface area contributed by atoms with Crippen LogP contribution in [0.15, 0.2) is 29.2 Å². The zero-order chi connectivity index (χ0) is 29.5. The highest BCUT2D eigenvalue weighted by Gasteiger charge is 2.33. The fraction of sp³-hybridized carbons (Fsp3) is 0.708. The van der Waals surface area contributed by atoms with Gasteiger partial charge in [-0.3, -0.25) is 19.2 Å². The van der Waals surface area contributed by atoms with Crippen LogP contribution in [0.2, 0.25) is 0 Å². The monoisotopic (exact) mass is 594 g/mol. The van der Waals surface area contributed by atoms with E-state index in [-0.39, 0.29) is 26.3 Å². The summed E-state index contributed by atoms with van der Waals surface area (Å²) in [6.07, 6.45) is 3.55. The lowest BCUT2D eigenvalue weighted by atomic mass is 10.1. The normalized spacial score (nSPS) is 12.5. The molecule has 0 spiro atoms. The summed E-state index contributed by atoms with van der Waals surface area (Å²) in [6.45, 7) is 9.75. The highest BCUT2D eigenvalue weighted by Crippen LogP contribution is 2.51. The van der Waals surface area contributed by atoms with Gasteiger partial charge in [0.15, 0.2) is 4.90 Å². The van der Waals surface area contributed by atoms with Gasteiger partial charge in [-0.05, 0) is 53.5 Å². The van der Waals surface area contributed by atoms with E-state index in [9.17, 15) is 27.9 Å². The zero-order valence-corrected chi connectivity index (χ0v) is 25.2. The molecule has 0 heterocycles. The first-order valence-corrected chi connectivity index (χ1v) is 16.1. The van der Waals surface area contributed by atoms with Crippen LogP contribution in [0.1, 0.15) is 66.7 Å². The Hall–Kier alpha value is -2.09. The van der Waals surface area contributed by atoms with Gasteiger partial charge in [-0.15, -0.1) is 0 Å². The third kappa shape index (κ3) is 13.2. The molecule has 1 aromatic carbocycles. The number of sulfonamides is 1. The molecule has 0 aliphatic heterocycles. The van der Waals surface area contributed by atoms with Crippen molar-refractivity contribution in [3.63, 3.8) is 0 Å². The number of carbonyl (C=O) groups excluding carboxylic acids is 1. The summed E-state index contributed by atoms with van der Waals surface area (Å²) < 4.78 is 58.8. The zero-order valence-electron chi connectivity index (χ0n) is 23.5. The number of nitrogens with zero attached hydrogens (tertiary/aromatic N) is 2. The molecule has 0 atom stereocenters. The molecule has 1 aromatic rings. The maximum atomic E-state index is 13.4. The molecule has 39 heavy (non-hydrogen) atoms. The molecular formula is C24H43N4O9PS. The second-order valence-electron chi connectivity index (χ2n) is 9.58. The van der Waals surface area contributed by atoms with Crippen molar-refractivity contribution in [2.45, 2.75) is 77.2 Å². The lowest BCUT2D eigenvalue weighted by Gasteiger charge is -2.29. The van der Waals surface area contributed by atoms with Crippen LogP contribution in [0.3, 0.4) is 0 Å². The highest BCUT2D eigenvalue weighted by atomic mass is 32.2. The quantitative estimate of drug-likeness (QED) is 0.0980. The van der Waals surface area contributed by atoms with Crippen molar-refractivity contribution < 1.29 is 36.5 Å². The van der Waals surface area contributed by atoms with Crippen LogP contribution in [0.4, 0.5) is 10.5 Å². The van der Waals surface area contributed by atoms with E-state index in [1.165, 1.54) is 16.8 Å². The Kier molecular flexibility index (Phi) is 15.1. The lowest BCUT2D eigenvalue weighted by Crippen LogP contribution is -2.35. The first kappa shape index (κ1) is 34.9. The van der Waals surface area contributed by atoms with Gasteiger partial charge in [-0.1, -0.05) is 31.4 Å². The van der Waals surface area contributed by atoms with E-state index < -0.39 is 45.0 Å². The molecule has 0 aliphatic carbocycles. The van der Waals surface area contributed by atoms with E-state index in [4.69, 9.17) is 13.8 Å². The number of hydrogen-bond acceptors (Lipinski definition) is 9. The van der Waals surface area contributed by atoms with E-state index in [1.807, 2.05) is 0 Å². The second kappa shape index (κ2) is 16.9. The third-order valence-corrected chi connectivity index (χ3v) is 8.98. The van der Waals surface area contributed by atoms with Gasteiger partial charge in [-0.25, -0.2) is 27.2 Å². The van der Waals surface area contributed by atoms with Crippen LogP contribution >= 0.6 is 7.75 Å². The topological polar surface area (TPSA) is 166 Å². The summed E-state index contributed by atoms with van der Waals surface area (Å²) in [5, 5.41) is 14.0. The molecule has 1 amide bonds. The number of carbonyl (C=O) groups is 1. The molecule has 0 bridgehead atoms. The van der Waals surface area contributed by atoms with E-state index in [0.717, 1.165) is 37.8 Å². The van der Waals surface area contributed by atoms with Crippen molar-refractivity contribution in [2.75, 3.05) is 39.4 Å². The number of para-hydroxylation sites is 1. The molecule has 0 saturated carbocycles. The fourth-order valence-corrected chi connectivity index (χ4v) is 6.54. The van der Waals surface area contributed by atoms with Gasteiger partial charge in [0.1, 0.15) is 5.60 Å². The SMILES string of the molecule is CCOP(=O)(OCC)N(CCCCCCCNC(=O)OC(C)(C)C)CCNS(=O)(=O)c1ccccc1[N+](=O)[O-]. The Labute approximate surface area is 231 Å². The summed E-state index contributed by atoms with van der Waals surface area (Å²) in [6, 6.07) is 5.07. The number of rotatable bonds is 19. The van der Waals surface area contributed by atoms with Crippen molar-refractivity contribution in [1.82, 2.24) is 14.7 Å². The van der Waals surface area contributed by atoms with Crippen LogP contribution < -0.4 is 10.0 Å². The van der Waals surface area contributed by atoms with Gasteiger partial charge in [0.2, 0.25) is 10.0 Å². The van der Waals surface area contributed by atoms with Gasteiger partial charge in [0, 0.05) is 32.2 Å². The third-order valence-electron chi connectivity index (χ3n) is 5.21. The molecular weight excluding hydrogens is 551 g/mol. The van der Waals surface area contributed by atoms with Crippen molar-refractivity contribution in [1.29, 1.82) is 0 Å². The summed E-state index contributed by atoms with van der Waals surface area (Å²) in [5.74, 6) is 0. The van der Waals surface area contributed by atoms with Crippen LogP contribution in [-0.4, -0.2) is 69.1 Å². The summed E-state index contributed by atoms with van der Waals surface area (Å²) in [7, 11) is -7.86. The molecule has 0 saturated heterocycles. The van der Waals surface area contributed by atoms with Gasteiger partial charge in [0.05, 0.1) is 18.1 Å². The molecule has 0 unspecified atom stereocenters. The molecule has 15 heteroatoms.